The van der Waals surface area contributed by atoms with Crippen LogP contribution in [-0.2, 0) is 0 Å². The molecule has 24 heavy (non-hydrogen) atoms. The van der Waals surface area contributed by atoms with Gasteiger partial charge < -0.3 is 9.73 Å². The molecule has 1 aromatic carbocycles. The molecule has 3 heteroatoms. The highest BCUT2D eigenvalue weighted by Gasteiger charge is 2.25. The third kappa shape index (κ3) is 2.91. The first kappa shape index (κ1) is 18.1. The largest absolute Gasteiger partial charge is 0.423 e. The average molecular weight is 325 g/mol. The molecule has 0 radical (unpaired) electrons. The Morgan fingerprint density at radius 1 is 1.12 bits per heavy atom. The molecule has 2 aromatic rings. The van der Waals surface area contributed by atoms with Crippen LogP contribution in [0.4, 0.5) is 5.69 Å². The molecule has 1 aromatic heterocycles. The molecule has 1 N–H and O–H groups in total. The van der Waals surface area contributed by atoms with Gasteiger partial charge in [-0.1, -0.05) is 32.1 Å². The van der Waals surface area contributed by atoms with Crippen molar-refractivity contribution >= 4 is 34.2 Å². The summed E-state index contributed by atoms with van der Waals surface area (Å²) in [4.78, 5) is 12.5. The molecule has 0 saturated carbocycles. The van der Waals surface area contributed by atoms with Crippen LogP contribution in [0.3, 0.4) is 0 Å². The lowest BCUT2D eigenvalue weighted by atomic mass is 9.88. The van der Waals surface area contributed by atoms with Crippen molar-refractivity contribution in [2.24, 2.45) is 0 Å². The van der Waals surface area contributed by atoms with Crippen LogP contribution in [0.15, 0.2) is 27.4 Å². The molecule has 0 amide bonds. The Balaban J connectivity index is 0.00000100. The summed E-state index contributed by atoms with van der Waals surface area (Å²) < 4.78 is 5.53. The molecule has 3 rings (SSSR count). The molecule has 0 aliphatic carbocycles. The van der Waals surface area contributed by atoms with Crippen molar-refractivity contribution in [3.63, 3.8) is 0 Å². The van der Waals surface area contributed by atoms with E-state index in [2.05, 4.69) is 38.2 Å². The first-order chi connectivity index (χ1) is 11.4. The van der Waals surface area contributed by atoms with Gasteiger partial charge in [-0.05, 0) is 52.3 Å². The predicted octanol–water partition coefficient (Wildman–Crippen LogP) is 4.03. The summed E-state index contributed by atoms with van der Waals surface area (Å²) in [5.41, 5.74) is 3.27. The van der Waals surface area contributed by atoms with E-state index in [-0.39, 0.29) is 11.2 Å². The maximum absolute atomic E-state index is 12.5. The zero-order valence-corrected chi connectivity index (χ0v) is 15.7. The number of benzene rings is 1. The van der Waals surface area contributed by atoms with E-state index in [4.69, 9.17) is 4.42 Å². The van der Waals surface area contributed by atoms with Gasteiger partial charge in [-0.25, -0.2) is 4.79 Å². The van der Waals surface area contributed by atoms with Gasteiger partial charge in [0.2, 0.25) is 0 Å². The van der Waals surface area contributed by atoms with Gasteiger partial charge in [-0.15, -0.1) is 0 Å². The van der Waals surface area contributed by atoms with Crippen molar-refractivity contribution in [2.45, 2.75) is 54.0 Å². The summed E-state index contributed by atoms with van der Waals surface area (Å²) in [5, 5.41) is 6.05. The maximum atomic E-state index is 12.5. The van der Waals surface area contributed by atoms with E-state index in [0.717, 1.165) is 27.4 Å². The summed E-state index contributed by atoms with van der Waals surface area (Å²) in [5.74, 6) is 0. The first-order valence-corrected chi connectivity index (χ1v) is 8.58. The third-order valence-electron chi connectivity index (χ3n) is 4.15. The van der Waals surface area contributed by atoms with Crippen LogP contribution in [0.5, 0.6) is 0 Å². The lowest BCUT2D eigenvalue weighted by Crippen LogP contribution is -2.34. The van der Waals surface area contributed by atoms with Gasteiger partial charge in [-0.3, -0.25) is 0 Å². The Hall–Kier alpha value is -2.29. The Kier molecular flexibility index (Phi) is 5.02. The van der Waals surface area contributed by atoms with E-state index in [1.807, 2.05) is 45.9 Å². The highest BCUT2D eigenvalue weighted by molar-refractivity contribution is 6.00. The van der Waals surface area contributed by atoms with Gasteiger partial charge >= 0.3 is 5.63 Å². The molecule has 0 atom stereocenters. The van der Waals surface area contributed by atoms with Gasteiger partial charge in [0.05, 0.1) is 10.9 Å². The molecule has 0 spiro atoms. The minimum Gasteiger partial charge on any atom is -0.423 e. The van der Waals surface area contributed by atoms with E-state index in [0.29, 0.717) is 10.8 Å². The van der Waals surface area contributed by atoms with Gasteiger partial charge in [0, 0.05) is 21.9 Å². The fourth-order valence-electron chi connectivity index (χ4n) is 3.40. The molecule has 0 saturated heterocycles. The Morgan fingerprint density at radius 2 is 1.79 bits per heavy atom. The number of rotatable bonds is 0. The van der Waals surface area contributed by atoms with Crippen molar-refractivity contribution in [3.8, 4) is 0 Å². The predicted molar refractivity (Wildman–Crippen MR) is 105 cm³/mol. The topological polar surface area (TPSA) is 42.2 Å². The fraction of sp³-hybridized carbons (Fsp3) is 0.381. The normalized spacial score (nSPS) is 16.9. The standard InChI is InChI=1S/C19H21NO2.C2H6/c1-6-12-13-8-9-14-16(11(3)10-19(4,5)20-14)17(13)18(21)22-15(12)7-2;1-2/h6-10,20H,1-5H3;1-2H3/b12-6-,15-7+;. The van der Waals surface area contributed by atoms with Gasteiger partial charge in [0.1, 0.15) is 5.42 Å². The van der Waals surface area contributed by atoms with Crippen LogP contribution >= 0.6 is 0 Å². The quantitative estimate of drug-likeness (QED) is 0.795. The van der Waals surface area contributed by atoms with Crippen molar-refractivity contribution in [1.82, 2.24) is 0 Å². The van der Waals surface area contributed by atoms with Crippen molar-refractivity contribution in [2.75, 3.05) is 5.32 Å². The number of hydrogen-bond acceptors (Lipinski definition) is 3. The smallest absolute Gasteiger partial charge is 0.344 e. The number of fused-ring (bicyclic) bond motifs is 3. The van der Waals surface area contributed by atoms with Crippen molar-refractivity contribution in [1.29, 1.82) is 0 Å². The fourth-order valence-corrected chi connectivity index (χ4v) is 3.40. The highest BCUT2D eigenvalue weighted by Crippen LogP contribution is 2.36. The lowest BCUT2D eigenvalue weighted by molar-refractivity contribution is 0.482. The number of allylic oxidation sites excluding steroid dienone is 1. The number of hydrogen-bond donors (Lipinski definition) is 1. The first-order valence-electron chi connectivity index (χ1n) is 8.58. The molecule has 1 aliphatic rings. The molecule has 3 nitrogen and oxygen atoms in total. The summed E-state index contributed by atoms with van der Waals surface area (Å²) in [7, 11) is 0. The second-order valence-corrected chi connectivity index (χ2v) is 6.33. The minimum atomic E-state index is -0.278. The maximum Gasteiger partial charge on any atom is 0.344 e. The summed E-state index contributed by atoms with van der Waals surface area (Å²) in [6.45, 7) is 14.1. The molecule has 2 heterocycles. The molecular weight excluding hydrogens is 298 g/mol. The van der Waals surface area contributed by atoms with E-state index < -0.39 is 0 Å². The molecular formula is C21H27NO2. The van der Waals surface area contributed by atoms with Crippen LogP contribution in [0.25, 0.3) is 28.5 Å². The highest BCUT2D eigenvalue weighted by atomic mass is 16.4. The van der Waals surface area contributed by atoms with E-state index in [9.17, 15) is 4.79 Å². The SMILES string of the molecule is C/C=c1\c(=C/C)oc(=O)c2c3c(ccc12)NC(C)(C)C=C3C.CC. The minimum absolute atomic E-state index is 0.123. The second-order valence-electron chi connectivity index (χ2n) is 6.33. The van der Waals surface area contributed by atoms with Gasteiger partial charge in [0.15, 0.2) is 0 Å². The molecule has 0 unspecified atom stereocenters. The van der Waals surface area contributed by atoms with Crippen molar-refractivity contribution < 1.29 is 4.42 Å². The summed E-state index contributed by atoms with van der Waals surface area (Å²) in [6.07, 6.45) is 5.98. The zero-order chi connectivity index (χ0) is 18.1. The Morgan fingerprint density at radius 3 is 2.38 bits per heavy atom. The number of nitrogens with one attached hydrogen (secondary N) is 1. The average Bonchev–Trinajstić information content (AvgIpc) is 2.54. The van der Waals surface area contributed by atoms with Crippen LogP contribution < -0.4 is 21.6 Å². The molecule has 128 valence electrons. The van der Waals surface area contributed by atoms with Crippen molar-refractivity contribution in [3.05, 3.63) is 44.8 Å². The van der Waals surface area contributed by atoms with Gasteiger partial charge in [0.25, 0.3) is 0 Å². The molecule has 0 bridgehead atoms. The molecule has 1 aliphatic heterocycles. The molecule has 0 fully saturated rings. The van der Waals surface area contributed by atoms with E-state index in [1.165, 1.54) is 0 Å². The van der Waals surface area contributed by atoms with E-state index in [1.54, 1.807) is 0 Å². The monoisotopic (exact) mass is 325 g/mol. The summed E-state index contributed by atoms with van der Waals surface area (Å²) in [6, 6.07) is 4.07. The van der Waals surface area contributed by atoms with Crippen LogP contribution in [0, 0.1) is 0 Å². The van der Waals surface area contributed by atoms with Gasteiger partial charge in [-0.2, -0.15) is 0 Å². The van der Waals surface area contributed by atoms with E-state index >= 15 is 0 Å². The number of anilines is 1. The van der Waals surface area contributed by atoms with Crippen LogP contribution in [0.1, 0.15) is 54.0 Å². The van der Waals surface area contributed by atoms with Crippen LogP contribution in [0.2, 0.25) is 0 Å². The lowest BCUT2D eigenvalue weighted by Gasteiger charge is -2.31. The Labute approximate surface area is 143 Å². The third-order valence-corrected chi connectivity index (χ3v) is 4.15. The van der Waals surface area contributed by atoms with Crippen LogP contribution in [-0.4, -0.2) is 5.54 Å². The summed E-state index contributed by atoms with van der Waals surface area (Å²) >= 11 is 0. The Bertz CT molecular complexity index is 976. The second kappa shape index (κ2) is 6.68. The zero-order valence-electron chi connectivity index (χ0n) is 15.7.